The predicted octanol–water partition coefficient (Wildman–Crippen LogP) is 0.798. The fourth-order valence-corrected chi connectivity index (χ4v) is 2.88. The summed E-state index contributed by atoms with van der Waals surface area (Å²) in [7, 11) is 0. The zero-order valence-electron chi connectivity index (χ0n) is 13.3. The first-order chi connectivity index (χ1) is 11.2. The summed E-state index contributed by atoms with van der Waals surface area (Å²) in [5, 5.41) is 14.8. The molecule has 0 aromatic carbocycles. The summed E-state index contributed by atoms with van der Waals surface area (Å²) in [6, 6.07) is 2.60. The number of hydrogen-bond donors (Lipinski definition) is 3. The molecule has 2 amide bonds. The zero-order chi connectivity index (χ0) is 16.5. The van der Waals surface area contributed by atoms with Crippen molar-refractivity contribution in [2.75, 3.05) is 13.2 Å². The molecule has 6 heteroatoms. The Morgan fingerprint density at radius 1 is 1.22 bits per heavy atom. The number of hydrogen-bond acceptors (Lipinski definition) is 4. The Hall–Kier alpha value is -1.95. The lowest BCUT2D eigenvalue weighted by Crippen LogP contribution is -2.50. The molecule has 1 aliphatic carbocycles. The third-order valence-corrected chi connectivity index (χ3v) is 4.24. The second-order valence-corrected chi connectivity index (χ2v) is 6.08. The van der Waals surface area contributed by atoms with Gasteiger partial charge in [-0.2, -0.15) is 0 Å². The van der Waals surface area contributed by atoms with Gasteiger partial charge in [-0.15, -0.1) is 0 Å². The highest BCUT2D eigenvalue weighted by atomic mass is 16.3. The summed E-state index contributed by atoms with van der Waals surface area (Å²) in [6.45, 7) is 0.216. The van der Waals surface area contributed by atoms with Crippen molar-refractivity contribution < 1.29 is 14.7 Å². The summed E-state index contributed by atoms with van der Waals surface area (Å²) in [5.74, 6) is -0.0937. The molecule has 1 aromatic rings. The Morgan fingerprint density at radius 2 is 1.91 bits per heavy atom. The molecule has 6 nitrogen and oxygen atoms in total. The number of pyridine rings is 1. The fraction of sp³-hybridized carbons (Fsp3) is 0.588. The predicted molar refractivity (Wildman–Crippen MR) is 86.5 cm³/mol. The molecular weight excluding hydrogens is 294 g/mol. The van der Waals surface area contributed by atoms with Gasteiger partial charge in [0.2, 0.25) is 11.8 Å². The van der Waals surface area contributed by atoms with E-state index in [1.165, 1.54) is 19.3 Å². The van der Waals surface area contributed by atoms with Crippen LogP contribution in [0.15, 0.2) is 24.5 Å². The van der Waals surface area contributed by atoms with E-state index in [9.17, 15) is 14.7 Å². The molecule has 1 fully saturated rings. The quantitative estimate of drug-likeness (QED) is 0.693. The standard InChI is InChI=1S/C17H25N3O3/c21-12-15(17(23)19-11-14-4-2-1-3-5-14)20-16(22)10-13-6-8-18-9-7-13/h6-9,14-15,21H,1-5,10-12H2,(H,19,23)(H,20,22). The number of carbonyl (C=O) groups is 2. The van der Waals surface area contributed by atoms with Gasteiger partial charge in [-0.25, -0.2) is 0 Å². The van der Waals surface area contributed by atoms with Crippen molar-refractivity contribution in [3.05, 3.63) is 30.1 Å². The van der Waals surface area contributed by atoms with E-state index in [1.807, 2.05) is 0 Å². The molecule has 23 heavy (non-hydrogen) atoms. The number of aliphatic hydroxyl groups is 1. The van der Waals surface area contributed by atoms with Crippen molar-refractivity contribution in [1.29, 1.82) is 0 Å². The van der Waals surface area contributed by atoms with E-state index in [0.29, 0.717) is 12.5 Å². The summed E-state index contributed by atoms with van der Waals surface area (Å²) in [4.78, 5) is 28.0. The number of amides is 2. The molecule has 0 saturated heterocycles. The molecule has 1 heterocycles. The first-order valence-corrected chi connectivity index (χ1v) is 8.26. The van der Waals surface area contributed by atoms with Crippen LogP contribution in [0.3, 0.4) is 0 Å². The van der Waals surface area contributed by atoms with Crippen LogP contribution in [0.5, 0.6) is 0 Å². The molecule has 1 saturated carbocycles. The van der Waals surface area contributed by atoms with Crippen molar-refractivity contribution in [2.45, 2.75) is 44.6 Å². The van der Waals surface area contributed by atoms with Gasteiger partial charge in [-0.1, -0.05) is 19.3 Å². The highest BCUT2D eigenvalue weighted by Crippen LogP contribution is 2.22. The van der Waals surface area contributed by atoms with Crippen LogP contribution >= 0.6 is 0 Å². The van der Waals surface area contributed by atoms with Gasteiger partial charge >= 0.3 is 0 Å². The lowest BCUT2D eigenvalue weighted by atomic mass is 9.89. The molecule has 1 aromatic heterocycles. The molecule has 0 radical (unpaired) electrons. The largest absolute Gasteiger partial charge is 0.394 e. The Kier molecular flexibility index (Phi) is 7.00. The average Bonchev–Trinajstić information content (AvgIpc) is 2.59. The van der Waals surface area contributed by atoms with Gasteiger partial charge in [0.15, 0.2) is 0 Å². The number of carbonyl (C=O) groups excluding carboxylic acids is 2. The topological polar surface area (TPSA) is 91.3 Å². The first kappa shape index (κ1) is 17.4. The van der Waals surface area contributed by atoms with Gasteiger partial charge in [-0.05, 0) is 36.5 Å². The lowest BCUT2D eigenvalue weighted by Gasteiger charge is -2.23. The SMILES string of the molecule is O=C(Cc1ccncc1)NC(CO)C(=O)NCC1CCCCC1. The molecule has 2 rings (SSSR count). The average molecular weight is 319 g/mol. The maximum atomic E-state index is 12.1. The van der Waals surface area contributed by atoms with Crippen molar-refractivity contribution in [3.63, 3.8) is 0 Å². The van der Waals surface area contributed by atoms with E-state index in [0.717, 1.165) is 18.4 Å². The van der Waals surface area contributed by atoms with E-state index >= 15 is 0 Å². The van der Waals surface area contributed by atoms with Crippen LogP contribution in [0, 0.1) is 5.92 Å². The number of nitrogens with zero attached hydrogens (tertiary/aromatic N) is 1. The van der Waals surface area contributed by atoms with E-state index in [4.69, 9.17) is 0 Å². The van der Waals surface area contributed by atoms with Gasteiger partial charge in [0, 0.05) is 18.9 Å². The van der Waals surface area contributed by atoms with Gasteiger partial charge in [0.25, 0.3) is 0 Å². The van der Waals surface area contributed by atoms with Gasteiger partial charge in [-0.3, -0.25) is 14.6 Å². The Bertz CT molecular complexity index is 501. The normalized spacial score (nSPS) is 16.6. The van der Waals surface area contributed by atoms with Gasteiger partial charge in [0.1, 0.15) is 6.04 Å². The van der Waals surface area contributed by atoms with Gasteiger partial charge in [0.05, 0.1) is 13.0 Å². The summed E-state index contributed by atoms with van der Waals surface area (Å²) in [6.07, 6.45) is 9.37. The molecule has 126 valence electrons. The highest BCUT2D eigenvalue weighted by molar-refractivity contribution is 5.88. The lowest BCUT2D eigenvalue weighted by molar-refractivity contribution is -0.129. The van der Waals surface area contributed by atoms with Crippen molar-refractivity contribution in [1.82, 2.24) is 15.6 Å². The molecule has 0 aliphatic heterocycles. The number of nitrogens with one attached hydrogen (secondary N) is 2. The van der Waals surface area contributed by atoms with E-state index < -0.39 is 12.6 Å². The maximum Gasteiger partial charge on any atom is 0.244 e. The minimum absolute atomic E-state index is 0.162. The molecule has 1 unspecified atom stereocenters. The summed E-state index contributed by atoms with van der Waals surface area (Å²) in [5.41, 5.74) is 0.816. The second kappa shape index (κ2) is 9.25. The number of aromatic nitrogens is 1. The summed E-state index contributed by atoms with van der Waals surface area (Å²) < 4.78 is 0. The van der Waals surface area contributed by atoms with Crippen LogP contribution in [0.2, 0.25) is 0 Å². The summed E-state index contributed by atoms with van der Waals surface area (Å²) >= 11 is 0. The van der Waals surface area contributed by atoms with Crippen LogP contribution < -0.4 is 10.6 Å². The van der Waals surface area contributed by atoms with Gasteiger partial charge < -0.3 is 15.7 Å². The number of aliphatic hydroxyl groups excluding tert-OH is 1. The van der Waals surface area contributed by atoms with Crippen molar-refractivity contribution >= 4 is 11.8 Å². The second-order valence-electron chi connectivity index (χ2n) is 6.08. The molecule has 0 bridgehead atoms. The minimum Gasteiger partial charge on any atom is -0.394 e. The Morgan fingerprint density at radius 3 is 2.57 bits per heavy atom. The van der Waals surface area contributed by atoms with E-state index in [-0.39, 0.29) is 18.2 Å². The van der Waals surface area contributed by atoms with Crippen LogP contribution in [0.1, 0.15) is 37.7 Å². The molecular formula is C17H25N3O3. The zero-order valence-corrected chi connectivity index (χ0v) is 13.3. The monoisotopic (exact) mass is 319 g/mol. The van der Waals surface area contributed by atoms with Crippen molar-refractivity contribution in [2.24, 2.45) is 5.92 Å². The Labute approximate surface area is 136 Å². The fourth-order valence-electron chi connectivity index (χ4n) is 2.88. The molecule has 0 spiro atoms. The van der Waals surface area contributed by atoms with Crippen molar-refractivity contribution in [3.8, 4) is 0 Å². The third-order valence-electron chi connectivity index (χ3n) is 4.24. The third kappa shape index (κ3) is 5.98. The van der Waals surface area contributed by atoms with Crippen LogP contribution in [-0.4, -0.2) is 41.1 Å². The first-order valence-electron chi connectivity index (χ1n) is 8.26. The minimum atomic E-state index is -0.895. The Balaban J connectivity index is 1.76. The van der Waals surface area contributed by atoms with E-state index in [2.05, 4.69) is 15.6 Å². The van der Waals surface area contributed by atoms with Crippen LogP contribution in [-0.2, 0) is 16.0 Å². The molecule has 1 atom stereocenters. The van der Waals surface area contributed by atoms with Crippen LogP contribution in [0.4, 0.5) is 0 Å². The molecule has 3 N–H and O–H groups in total. The van der Waals surface area contributed by atoms with E-state index in [1.54, 1.807) is 24.5 Å². The maximum absolute atomic E-state index is 12.1. The number of rotatable bonds is 7. The molecule has 1 aliphatic rings. The highest BCUT2D eigenvalue weighted by Gasteiger charge is 2.21. The van der Waals surface area contributed by atoms with Crippen LogP contribution in [0.25, 0.3) is 0 Å². The smallest absolute Gasteiger partial charge is 0.244 e.